The number of rotatable bonds is 4. The standard InChI is InChI=1S/C13H19N3O4/c1-9-14-11(20-15-9)6-7-12(17)16-8-4-3-5-10(16)13(18)19-2/h10H,3-8H2,1-2H3/t10-/m1/s1. The highest BCUT2D eigenvalue weighted by Gasteiger charge is 2.32. The predicted molar refractivity (Wildman–Crippen MR) is 68.7 cm³/mol. The van der Waals surface area contributed by atoms with Crippen molar-refractivity contribution in [1.29, 1.82) is 0 Å². The van der Waals surface area contributed by atoms with E-state index in [4.69, 9.17) is 9.26 Å². The van der Waals surface area contributed by atoms with Crippen LogP contribution in [0, 0.1) is 6.92 Å². The van der Waals surface area contributed by atoms with Gasteiger partial charge in [-0.25, -0.2) is 4.79 Å². The van der Waals surface area contributed by atoms with E-state index >= 15 is 0 Å². The summed E-state index contributed by atoms with van der Waals surface area (Å²) < 4.78 is 9.74. The maximum atomic E-state index is 12.2. The van der Waals surface area contributed by atoms with Crippen molar-refractivity contribution in [1.82, 2.24) is 15.0 Å². The molecule has 20 heavy (non-hydrogen) atoms. The lowest BCUT2D eigenvalue weighted by Crippen LogP contribution is -2.48. The van der Waals surface area contributed by atoms with Gasteiger partial charge >= 0.3 is 5.97 Å². The second-order valence-corrected chi connectivity index (χ2v) is 4.86. The third kappa shape index (κ3) is 3.34. The molecule has 0 spiro atoms. The minimum atomic E-state index is -0.453. The zero-order chi connectivity index (χ0) is 14.5. The molecule has 1 fully saturated rings. The number of methoxy groups -OCH3 is 1. The Bertz CT molecular complexity index is 486. The first-order valence-corrected chi connectivity index (χ1v) is 6.78. The lowest BCUT2D eigenvalue weighted by Gasteiger charge is -2.33. The number of esters is 1. The summed E-state index contributed by atoms with van der Waals surface area (Å²) in [6.07, 6.45) is 3.17. The molecule has 0 radical (unpaired) electrons. The smallest absolute Gasteiger partial charge is 0.328 e. The van der Waals surface area contributed by atoms with Gasteiger partial charge in [0, 0.05) is 19.4 Å². The van der Waals surface area contributed by atoms with Gasteiger partial charge < -0.3 is 14.2 Å². The minimum Gasteiger partial charge on any atom is -0.467 e. The Balaban J connectivity index is 1.93. The van der Waals surface area contributed by atoms with Crippen LogP contribution in [0.4, 0.5) is 0 Å². The van der Waals surface area contributed by atoms with E-state index in [1.165, 1.54) is 7.11 Å². The Morgan fingerprint density at radius 1 is 1.45 bits per heavy atom. The molecule has 2 rings (SSSR count). The van der Waals surface area contributed by atoms with Crippen LogP contribution in [0.2, 0.25) is 0 Å². The summed E-state index contributed by atoms with van der Waals surface area (Å²) in [6, 6.07) is -0.453. The van der Waals surface area contributed by atoms with Crippen LogP contribution in [-0.4, -0.2) is 46.6 Å². The molecule has 1 amide bonds. The monoisotopic (exact) mass is 281 g/mol. The molecule has 0 unspecified atom stereocenters. The van der Waals surface area contributed by atoms with Crippen molar-refractivity contribution >= 4 is 11.9 Å². The number of amides is 1. The van der Waals surface area contributed by atoms with E-state index in [1.54, 1.807) is 11.8 Å². The Morgan fingerprint density at radius 3 is 2.90 bits per heavy atom. The van der Waals surface area contributed by atoms with Gasteiger partial charge in [-0.2, -0.15) is 4.98 Å². The van der Waals surface area contributed by atoms with Crippen molar-refractivity contribution in [2.45, 2.75) is 45.1 Å². The van der Waals surface area contributed by atoms with Gasteiger partial charge in [0.25, 0.3) is 0 Å². The summed E-state index contributed by atoms with van der Waals surface area (Å²) in [4.78, 5) is 29.6. The number of piperidine rings is 1. The van der Waals surface area contributed by atoms with Crippen molar-refractivity contribution in [3.05, 3.63) is 11.7 Å². The summed E-state index contributed by atoms with van der Waals surface area (Å²) in [6.45, 7) is 2.33. The fourth-order valence-electron chi connectivity index (χ4n) is 2.41. The number of nitrogens with zero attached hydrogens (tertiary/aromatic N) is 3. The van der Waals surface area contributed by atoms with Crippen LogP contribution in [0.25, 0.3) is 0 Å². The van der Waals surface area contributed by atoms with Crippen molar-refractivity contribution in [2.24, 2.45) is 0 Å². The fourth-order valence-corrected chi connectivity index (χ4v) is 2.41. The topological polar surface area (TPSA) is 85.5 Å². The maximum Gasteiger partial charge on any atom is 0.328 e. The molecule has 1 aliphatic heterocycles. The summed E-state index contributed by atoms with van der Waals surface area (Å²) in [7, 11) is 1.35. The summed E-state index contributed by atoms with van der Waals surface area (Å²) in [5, 5.41) is 3.68. The molecule has 1 atom stereocenters. The number of hydrogen-bond donors (Lipinski definition) is 0. The van der Waals surface area contributed by atoms with Crippen LogP contribution in [0.15, 0.2) is 4.52 Å². The lowest BCUT2D eigenvalue weighted by atomic mass is 10.0. The number of aryl methyl sites for hydroxylation is 2. The first-order valence-electron chi connectivity index (χ1n) is 6.78. The molecule has 1 saturated heterocycles. The van der Waals surface area contributed by atoms with E-state index in [0.717, 1.165) is 12.8 Å². The van der Waals surface area contributed by atoms with Gasteiger partial charge in [0.05, 0.1) is 7.11 Å². The second kappa shape index (κ2) is 6.49. The van der Waals surface area contributed by atoms with Gasteiger partial charge in [-0.05, 0) is 26.2 Å². The van der Waals surface area contributed by atoms with E-state index in [2.05, 4.69) is 10.1 Å². The molecule has 0 bridgehead atoms. The van der Waals surface area contributed by atoms with Crippen molar-refractivity contribution in [2.75, 3.05) is 13.7 Å². The van der Waals surface area contributed by atoms with Gasteiger partial charge in [0.1, 0.15) is 6.04 Å². The van der Waals surface area contributed by atoms with Gasteiger partial charge in [-0.15, -0.1) is 0 Å². The molecule has 7 nitrogen and oxygen atoms in total. The fraction of sp³-hybridized carbons (Fsp3) is 0.692. The van der Waals surface area contributed by atoms with Crippen molar-refractivity contribution in [3.63, 3.8) is 0 Å². The third-order valence-corrected chi connectivity index (χ3v) is 3.42. The third-order valence-electron chi connectivity index (χ3n) is 3.42. The number of carbonyl (C=O) groups is 2. The second-order valence-electron chi connectivity index (χ2n) is 4.86. The molecule has 1 aromatic heterocycles. The lowest BCUT2D eigenvalue weighted by molar-refractivity contribution is -0.154. The molecule has 110 valence electrons. The molecule has 0 aliphatic carbocycles. The first-order chi connectivity index (χ1) is 9.61. The average Bonchev–Trinajstić information content (AvgIpc) is 2.89. The number of likely N-dealkylation sites (tertiary alicyclic amines) is 1. The van der Waals surface area contributed by atoms with Crippen LogP contribution in [0.3, 0.4) is 0 Å². The number of aromatic nitrogens is 2. The number of ether oxygens (including phenoxy) is 1. The molecule has 0 saturated carbocycles. The van der Waals surface area contributed by atoms with Crippen LogP contribution >= 0.6 is 0 Å². The molecule has 1 aliphatic rings. The Morgan fingerprint density at radius 2 is 2.25 bits per heavy atom. The minimum absolute atomic E-state index is 0.0732. The molecule has 0 N–H and O–H groups in total. The molecule has 0 aromatic carbocycles. The van der Waals surface area contributed by atoms with Gasteiger partial charge in [0.15, 0.2) is 5.82 Å². The Kier molecular flexibility index (Phi) is 4.70. The Hall–Kier alpha value is -1.92. The zero-order valence-corrected chi connectivity index (χ0v) is 11.8. The normalized spacial score (nSPS) is 18.9. The van der Waals surface area contributed by atoms with E-state index in [1.807, 2.05) is 0 Å². The average molecular weight is 281 g/mol. The van der Waals surface area contributed by atoms with Gasteiger partial charge in [-0.3, -0.25) is 4.79 Å². The predicted octanol–water partition coefficient (Wildman–Crippen LogP) is 0.865. The summed E-state index contributed by atoms with van der Waals surface area (Å²) >= 11 is 0. The molecule has 7 heteroatoms. The number of hydrogen-bond acceptors (Lipinski definition) is 6. The largest absolute Gasteiger partial charge is 0.467 e. The van der Waals surface area contributed by atoms with E-state index < -0.39 is 6.04 Å². The highest BCUT2D eigenvalue weighted by molar-refractivity contribution is 5.84. The van der Waals surface area contributed by atoms with E-state index in [0.29, 0.717) is 31.1 Å². The molecule has 2 heterocycles. The molecular weight excluding hydrogens is 262 g/mol. The molecular formula is C13H19N3O4. The van der Waals surface area contributed by atoms with Crippen LogP contribution < -0.4 is 0 Å². The highest BCUT2D eigenvalue weighted by atomic mass is 16.5. The van der Waals surface area contributed by atoms with Crippen LogP contribution in [0.5, 0.6) is 0 Å². The van der Waals surface area contributed by atoms with Crippen molar-refractivity contribution < 1.29 is 18.8 Å². The van der Waals surface area contributed by atoms with Crippen LogP contribution in [0.1, 0.15) is 37.4 Å². The van der Waals surface area contributed by atoms with Gasteiger partial charge in [0.2, 0.25) is 11.8 Å². The van der Waals surface area contributed by atoms with Gasteiger partial charge in [-0.1, -0.05) is 5.16 Å². The first kappa shape index (κ1) is 14.5. The van der Waals surface area contributed by atoms with Crippen LogP contribution in [-0.2, 0) is 20.7 Å². The SMILES string of the molecule is COC(=O)[C@H]1CCCCN1C(=O)CCc1nc(C)no1. The Labute approximate surface area is 117 Å². The van der Waals surface area contributed by atoms with E-state index in [-0.39, 0.29) is 18.3 Å². The molecule has 1 aromatic rings. The maximum absolute atomic E-state index is 12.2. The zero-order valence-electron chi connectivity index (χ0n) is 11.8. The highest BCUT2D eigenvalue weighted by Crippen LogP contribution is 2.19. The number of carbonyl (C=O) groups excluding carboxylic acids is 2. The summed E-state index contributed by atoms with van der Waals surface area (Å²) in [5.41, 5.74) is 0. The quantitative estimate of drug-likeness (QED) is 0.761. The summed E-state index contributed by atoms with van der Waals surface area (Å²) in [5.74, 6) is 0.586. The van der Waals surface area contributed by atoms with Crippen molar-refractivity contribution in [3.8, 4) is 0 Å². The van der Waals surface area contributed by atoms with E-state index in [9.17, 15) is 9.59 Å².